The fourth-order valence-electron chi connectivity index (χ4n) is 2.38. The van der Waals surface area contributed by atoms with Crippen molar-refractivity contribution in [1.82, 2.24) is 15.5 Å². The smallest absolute Gasteiger partial charge is 0.191 e. The van der Waals surface area contributed by atoms with Crippen molar-refractivity contribution in [3.8, 4) is 0 Å². The van der Waals surface area contributed by atoms with E-state index in [2.05, 4.69) is 41.3 Å². The molecule has 0 amide bonds. The zero-order chi connectivity index (χ0) is 15.5. The SMILES string of the molecule is CCNC(=NCC1CN(CC(C)C)CCO1)NCCOC. The highest BCUT2D eigenvalue weighted by Gasteiger charge is 2.20. The minimum absolute atomic E-state index is 0.190. The summed E-state index contributed by atoms with van der Waals surface area (Å²) in [5, 5.41) is 6.49. The molecule has 124 valence electrons. The molecule has 2 N–H and O–H groups in total. The van der Waals surface area contributed by atoms with Crippen molar-refractivity contribution in [2.24, 2.45) is 10.9 Å². The van der Waals surface area contributed by atoms with E-state index in [1.807, 2.05) is 0 Å². The summed E-state index contributed by atoms with van der Waals surface area (Å²) < 4.78 is 10.9. The summed E-state index contributed by atoms with van der Waals surface area (Å²) in [7, 11) is 1.70. The fourth-order valence-corrected chi connectivity index (χ4v) is 2.38. The maximum Gasteiger partial charge on any atom is 0.191 e. The minimum Gasteiger partial charge on any atom is -0.383 e. The van der Waals surface area contributed by atoms with Crippen LogP contribution in [0.2, 0.25) is 0 Å². The molecule has 0 aliphatic carbocycles. The van der Waals surface area contributed by atoms with Gasteiger partial charge >= 0.3 is 0 Å². The van der Waals surface area contributed by atoms with Gasteiger partial charge in [0.15, 0.2) is 5.96 Å². The molecule has 1 atom stereocenters. The molecule has 1 aliphatic heterocycles. The van der Waals surface area contributed by atoms with E-state index in [0.717, 1.165) is 45.3 Å². The molecule has 0 saturated carbocycles. The lowest BCUT2D eigenvalue weighted by atomic mass is 10.2. The van der Waals surface area contributed by atoms with Gasteiger partial charge in [-0.25, -0.2) is 0 Å². The highest BCUT2D eigenvalue weighted by molar-refractivity contribution is 5.79. The summed E-state index contributed by atoms with van der Waals surface area (Å²) in [6.07, 6.45) is 0.190. The minimum atomic E-state index is 0.190. The first-order valence-corrected chi connectivity index (χ1v) is 8.00. The number of hydrogen-bond acceptors (Lipinski definition) is 4. The third kappa shape index (κ3) is 8.24. The second kappa shape index (κ2) is 10.8. The first kappa shape index (κ1) is 18.2. The van der Waals surface area contributed by atoms with Crippen LogP contribution in [0.25, 0.3) is 0 Å². The topological polar surface area (TPSA) is 58.1 Å². The number of methoxy groups -OCH3 is 1. The molecule has 1 fully saturated rings. The molecule has 1 aliphatic rings. The fraction of sp³-hybridized carbons (Fsp3) is 0.933. The predicted molar refractivity (Wildman–Crippen MR) is 86.9 cm³/mol. The Balaban J connectivity index is 2.39. The van der Waals surface area contributed by atoms with Crippen molar-refractivity contribution in [3.05, 3.63) is 0 Å². The average Bonchev–Trinajstić information content (AvgIpc) is 2.44. The summed E-state index contributed by atoms with van der Waals surface area (Å²) in [6, 6.07) is 0. The van der Waals surface area contributed by atoms with E-state index in [0.29, 0.717) is 19.1 Å². The summed E-state index contributed by atoms with van der Waals surface area (Å²) >= 11 is 0. The Hall–Kier alpha value is -0.850. The first-order chi connectivity index (χ1) is 10.2. The second-order valence-electron chi connectivity index (χ2n) is 5.79. The van der Waals surface area contributed by atoms with Gasteiger partial charge in [-0.1, -0.05) is 13.8 Å². The van der Waals surface area contributed by atoms with Crippen LogP contribution in [0, 0.1) is 5.92 Å². The molecule has 1 saturated heterocycles. The average molecular weight is 300 g/mol. The van der Waals surface area contributed by atoms with E-state index < -0.39 is 0 Å². The molecule has 6 nitrogen and oxygen atoms in total. The van der Waals surface area contributed by atoms with Gasteiger partial charge in [-0.2, -0.15) is 0 Å². The number of guanidine groups is 1. The van der Waals surface area contributed by atoms with Crippen LogP contribution in [-0.4, -0.2) is 76.6 Å². The van der Waals surface area contributed by atoms with Crippen LogP contribution < -0.4 is 10.6 Å². The summed E-state index contributed by atoms with van der Waals surface area (Å²) in [4.78, 5) is 7.08. The number of aliphatic imine (C=N–C) groups is 1. The third-order valence-electron chi connectivity index (χ3n) is 3.24. The molecule has 0 aromatic carbocycles. The monoisotopic (exact) mass is 300 g/mol. The van der Waals surface area contributed by atoms with Crippen LogP contribution in [0.15, 0.2) is 4.99 Å². The van der Waals surface area contributed by atoms with Gasteiger partial charge < -0.3 is 20.1 Å². The van der Waals surface area contributed by atoms with Crippen LogP contribution in [0.5, 0.6) is 0 Å². The molecular weight excluding hydrogens is 268 g/mol. The number of hydrogen-bond donors (Lipinski definition) is 2. The largest absolute Gasteiger partial charge is 0.383 e. The van der Waals surface area contributed by atoms with Crippen LogP contribution in [-0.2, 0) is 9.47 Å². The Morgan fingerprint density at radius 1 is 1.43 bits per heavy atom. The molecule has 1 heterocycles. The van der Waals surface area contributed by atoms with Crippen LogP contribution in [0.1, 0.15) is 20.8 Å². The third-order valence-corrected chi connectivity index (χ3v) is 3.24. The van der Waals surface area contributed by atoms with Crippen molar-refractivity contribution >= 4 is 5.96 Å². The van der Waals surface area contributed by atoms with Gasteiger partial charge in [-0.3, -0.25) is 9.89 Å². The Labute approximate surface area is 129 Å². The number of rotatable bonds is 8. The van der Waals surface area contributed by atoms with E-state index in [4.69, 9.17) is 9.47 Å². The molecule has 0 aromatic rings. The quantitative estimate of drug-likeness (QED) is 0.389. The van der Waals surface area contributed by atoms with Gasteiger partial charge in [-0.05, 0) is 12.8 Å². The highest BCUT2D eigenvalue weighted by Crippen LogP contribution is 2.08. The Morgan fingerprint density at radius 3 is 2.90 bits per heavy atom. The molecule has 1 unspecified atom stereocenters. The Morgan fingerprint density at radius 2 is 2.24 bits per heavy atom. The lowest BCUT2D eigenvalue weighted by molar-refractivity contribution is -0.0261. The number of morpholine rings is 1. The molecule has 0 radical (unpaired) electrons. The van der Waals surface area contributed by atoms with Crippen LogP contribution in [0.3, 0.4) is 0 Å². The van der Waals surface area contributed by atoms with E-state index in [1.54, 1.807) is 7.11 Å². The summed E-state index contributed by atoms with van der Waals surface area (Å²) in [6.45, 7) is 13.5. The van der Waals surface area contributed by atoms with Gasteiger partial charge in [0, 0.05) is 39.8 Å². The number of nitrogens with zero attached hydrogens (tertiary/aromatic N) is 2. The predicted octanol–water partition coefficient (Wildman–Crippen LogP) is 0.545. The van der Waals surface area contributed by atoms with E-state index in [-0.39, 0.29) is 6.10 Å². The zero-order valence-corrected chi connectivity index (χ0v) is 14.0. The lowest BCUT2D eigenvalue weighted by Gasteiger charge is -2.33. The Bertz CT molecular complexity index is 297. The van der Waals surface area contributed by atoms with Crippen LogP contribution in [0.4, 0.5) is 0 Å². The molecular formula is C15H32N4O2. The van der Waals surface area contributed by atoms with Crippen LogP contribution >= 0.6 is 0 Å². The van der Waals surface area contributed by atoms with Crippen molar-refractivity contribution in [2.45, 2.75) is 26.9 Å². The summed E-state index contributed by atoms with van der Waals surface area (Å²) in [5.41, 5.74) is 0. The van der Waals surface area contributed by atoms with Crippen molar-refractivity contribution < 1.29 is 9.47 Å². The number of ether oxygens (including phenoxy) is 2. The van der Waals surface area contributed by atoms with E-state index in [1.165, 1.54) is 0 Å². The van der Waals surface area contributed by atoms with Gasteiger partial charge in [0.05, 0.1) is 25.9 Å². The first-order valence-electron chi connectivity index (χ1n) is 8.00. The highest BCUT2D eigenvalue weighted by atomic mass is 16.5. The molecule has 0 spiro atoms. The lowest BCUT2D eigenvalue weighted by Crippen LogP contribution is -2.46. The number of nitrogens with one attached hydrogen (secondary N) is 2. The Kier molecular flexibility index (Phi) is 9.37. The van der Waals surface area contributed by atoms with Crippen molar-refractivity contribution in [3.63, 3.8) is 0 Å². The van der Waals surface area contributed by atoms with Gasteiger partial charge in [-0.15, -0.1) is 0 Å². The molecule has 6 heteroatoms. The zero-order valence-electron chi connectivity index (χ0n) is 14.0. The van der Waals surface area contributed by atoms with Gasteiger partial charge in [0.2, 0.25) is 0 Å². The standard InChI is InChI=1S/C15H32N4O2/c1-5-16-15(17-6-8-20-4)18-10-14-12-19(7-9-21-14)11-13(2)3/h13-14H,5-12H2,1-4H3,(H2,16,17,18). The van der Waals surface area contributed by atoms with E-state index >= 15 is 0 Å². The van der Waals surface area contributed by atoms with Crippen molar-refractivity contribution in [1.29, 1.82) is 0 Å². The van der Waals surface area contributed by atoms with Gasteiger partial charge in [0.25, 0.3) is 0 Å². The molecule has 0 bridgehead atoms. The second-order valence-corrected chi connectivity index (χ2v) is 5.79. The van der Waals surface area contributed by atoms with Crippen molar-refractivity contribution in [2.75, 3.05) is 59.6 Å². The maximum absolute atomic E-state index is 5.81. The maximum atomic E-state index is 5.81. The van der Waals surface area contributed by atoms with Gasteiger partial charge in [0.1, 0.15) is 0 Å². The molecule has 21 heavy (non-hydrogen) atoms. The molecule has 0 aromatic heterocycles. The normalized spacial score (nSPS) is 20.8. The van der Waals surface area contributed by atoms with E-state index in [9.17, 15) is 0 Å². The molecule has 1 rings (SSSR count). The summed E-state index contributed by atoms with van der Waals surface area (Å²) in [5.74, 6) is 1.53.